The molecule has 0 heterocycles. The van der Waals surface area contributed by atoms with Crippen LogP contribution < -0.4 is 0 Å². The molecule has 0 rings (SSSR count). The predicted molar refractivity (Wildman–Crippen MR) is 31.8 cm³/mol. The fraction of sp³-hybridized carbons (Fsp3) is 1.00. The molecule has 0 radical (unpaired) electrons. The second-order valence-electron chi connectivity index (χ2n) is 1.99. The Hall–Kier alpha value is -0.440. The molecule has 0 spiro atoms. The Balaban J connectivity index is 4.18. The normalized spacial score (nSPS) is 13.7. The molecule has 0 aliphatic heterocycles. The minimum atomic E-state index is -4.77. The van der Waals surface area contributed by atoms with Gasteiger partial charge >= 0.3 is 12.3 Å². The highest BCUT2D eigenvalue weighted by Crippen LogP contribution is 2.23. The lowest BCUT2D eigenvalue weighted by Crippen LogP contribution is -2.33. The van der Waals surface area contributed by atoms with E-state index in [1.807, 2.05) is 0 Å². The van der Waals surface area contributed by atoms with Gasteiger partial charge in [-0.1, -0.05) is 0 Å². The maximum atomic E-state index is 12.0. The van der Waals surface area contributed by atoms with Crippen molar-refractivity contribution in [2.24, 2.45) is 0 Å². The summed E-state index contributed by atoms with van der Waals surface area (Å²) >= 11 is 0. The summed E-state index contributed by atoms with van der Waals surface area (Å²) in [6, 6.07) is -2.04. The molecule has 80 valence electrons. The van der Waals surface area contributed by atoms with Gasteiger partial charge in [-0.05, 0) is 0 Å². The smallest absolute Gasteiger partial charge is 0.261 e. The zero-order chi connectivity index (χ0) is 10.7. The molecule has 9 heteroatoms. The summed E-state index contributed by atoms with van der Waals surface area (Å²) in [6.45, 7) is -2.06. The Morgan fingerprint density at radius 2 is 1.77 bits per heavy atom. The summed E-state index contributed by atoms with van der Waals surface area (Å²) < 4.78 is 81.5. The minimum absolute atomic E-state index is 2.04. The SMILES string of the molecule is O=S(=O)(CF)OCC(F)(F)C(F)F. The molecule has 0 aromatic carbocycles. The van der Waals surface area contributed by atoms with Crippen molar-refractivity contribution >= 4 is 10.1 Å². The topological polar surface area (TPSA) is 43.4 Å². The van der Waals surface area contributed by atoms with Gasteiger partial charge < -0.3 is 0 Å². The van der Waals surface area contributed by atoms with Crippen LogP contribution in [0.5, 0.6) is 0 Å². The van der Waals surface area contributed by atoms with E-state index in [1.54, 1.807) is 0 Å². The molecule has 0 aromatic rings. The summed E-state index contributed by atoms with van der Waals surface area (Å²) in [5.41, 5.74) is 0. The second kappa shape index (κ2) is 4.18. The van der Waals surface area contributed by atoms with Gasteiger partial charge in [-0.2, -0.15) is 17.2 Å². The van der Waals surface area contributed by atoms with Crippen molar-refractivity contribution in [1.29, 1.82) is 0 Å². The molecular formula is C4H5F5O3S. The van der Waals surface area contributed by atoms with Crippen LogP contribution in [0.1, 0.15) is 0 Å². The summed E-state index contributed by atoms with van der Waals surface area (Å²) in [4.78, 5) is 0. The zero-order valence-corrected chi connectivity index (χ0v) is 6.83. The molecule has 0 aliphatic rings. The lowest BCUT2D eigenvalue weighted by molar-refractivity contribution is -0.147. The first-order valence-electron chi connectivity index (χ1n) is 2.80. The Morgan fingerprint density at radius 1 is 1.31 bits per heavy atom. The standard InChI is InChI=1S/C4H5F5O3S/c5-2-13(10,11)12-1-4(8,9)3(6)7/h3H,1-2H2. The van der Waals surface area contributed by atoms with E-state index in [1.165, 1.54) is 0 Å². The van der Waals surface area contributed by atoms with Gasteiger partial charge in [-0.3, -0.25) is 4.18 Å². The van der Waals surface area contributed by atoms with Gasteiger partial charge in [0.2, 0.25) is 6.01 Å². The van der Waals surface area contributed by atoms with Crippen LogP contribution in [-0.4, -0.2) is 33.4 Å². The van der Waals surface area contributed by atoms with E-state index in [0.29, 0.717) is 0 Å². The molecule has 0 aliphatic carbocycles. The molecule has 0 amide bonds. The van der Waals surface area contributed by atoms with Crippen LogP contribution in [0.25, 0.3) is 0 Å². The van der Waals surface area contributed by atoms with Crippen molar-refractivity contribution in [2.45, 2.75) is 12.3 Å². The third kappa shape index (κ3) is 4.36. The van der Waals surface area contributed by atoms with E-state index in [2.05, 4.69) is 4.18 Å². The van der Waals surface area contributed by atoms with Crippen molar-refractivity contribution < 1.29 is 34.6 Å². The average molecular weight is 228 g/mol. The first-order chi connectivity index (χ1) is 5.71. The Kier molecular flexibility index (Phi) is 4.04. The van der Waals surface area contributed by atoms with Gasteiger partial charge in [0.05, 0.1) is 0 Å². The highest BCUT2D eigenvalue weighted by molar-refractivity contribution is 7.86. The molecule has 0 aromatic heterocycles. The fourth-order valence-corrected chi connectivity index (χ4v) is 0.663. The molecule has 0 atom stereocenters. The van der Waals surface area contributed by atoms with E-state index in [0.717, 1.165) is 0 Å². The quantitative estimate of drug-likeness (QED) is 0.523. The summed E-state index contributed by atoms with van der Waals surface area (Å²) in [5.74, 6) is -4.60. The zero-order valence-electron chi connectivity index (χ0n) is 6.01. The van der Waals surface area contributed by atoms with Gasteiger partial charge in [0.1, 0.15) is 6.61 Å². The summed E-state index contributed by atoms with van der Waals surface area (Å²) in [7, 11) is -4.77. The average Bonchev–Trinajstić information content (AvgIpc) is 2.01. The van der Waals surface area contributed by atoms with Crippen LogP contribution in [0.4, 0.5) is 22.0 Å². The molecule has 0 saturated heterocycles. The Labute approximate surface area is 70.6 Å². The highest BCUT2D eigenvalue weighted by Gasteiger charge is 2.42. The number of halogens is 5. The van der Waals surface area contributed by atoms with Gasteiger partial charge in [0.15, 0.2) is 0 Å². The summed E-state index contributed by atoms with van der Waals surface area (Å²) in [5, 5.41) is 0. The van der Waals surface area contributed by atoms with Crippen LogP contribution in [0.3, 0.4) is 0 Å². The largest absolute Gasteiger partial charge is 0.331 e. The molecule has 3 nitrogen and oxygen atoms in total. The van der Waals surface area contributed by atoms with Crippen molar-refractivity contribution in [2.75, 3.05) is 12.6 Å². The van der Waals surface area contributed by atoms with E-state index in [9.17, 15) is 30.4 Å². The Bertz CT molecular complexity index is 249. The third-order valence-electron chi connectivity index (χ3n) is 0.884. The van der Waals surface area contributed by atoms with Crippen molar-refractivity contribution in [1.82, 2.24) is 0 Å². The van der Waals surface area contributed by atoms with E-state index in [-0.39, 0.29) is 0 Å². The van der Waals surface area contributed by atoms with Crippen molar-refractivity contribution in [3.05, 3.63) is 0 Å². The van der Waals surface area contributed by atoms with Gasteiger partial charge in [0.25, 0.3) is 10.1 Å². The maximum Gasteiger partial charge on any atom is 0.331 e. The van der Waals surface area contributed by atoms with Crippen LogP contribution in [0.2, 0.25) is 0 Å². The van der Waals surface area contributed by atoms with Crippen LogP contribution in [0.15, 0.2) is 0 Å². The molecule has 0 unspecified atom stereocenters. The first-order valence-corrected chi connectivity index (χ1v) is 4.38. The van der Waals surface area contributed by atoms with Gasteiger partial charge in [-0.15, -0.1) is 0 Å². The molecular weight excluding hydrogens is 223 g/mol. The maximum absolute atomic E-state index is 12.0. The van der Waals surface area contributed by atoms with E-state index < -0.39 is 35.1 Å². The van der Waals surface area contributed by atoms with Gasteiger partial charge in [-0.25, -0.2) is 13.2 Å². The molecule has 0 N–H and O–H groups in total. The van der Waals surface area contributed by atoms with Crippen LogP contribution in [0, 0.1) is 0 Å². The third-order valence-corrected chi connectivity index (χ3v) is 1.63. The summed E-state index contributed by atoms with van der Waals surface area (Å²) in [6.07, 6.45) is -4.05. The number of alkyl halides is 5. The van der Waals surface area contributed by atoms with Crippen molar-refractivity contribution in [3.63, 3.8) is 0 Å². The number of hydrogen-bond donors (Lipinski definition) is 0. The molecule has 0 fully saturated rings. The second-order valence-corrected chi connectivity index (χ2v) is 3.56. The molecule has 0 bridgehead atoms. The number of rotatable bonds is 5. The minimum Gasteiger partial charge on any atom is -0.261 e. The van der Waals surface area contributed by atoms with E-state index in [4.69, 9.17) is 0 Å². The van der Waals surface area contributed by atoms with Crippen LogP contribution in [-0.2, 0) is 14.3 Å². The molecule has 0 saturated carbocycles. The highest BCUT2D eigenvalue weighted by atomic mass is 32.2. The molecule has 13 heavy (non-hydrogen) atoms. The predicted octanol–water partition coefficient (Wildman–Crippen LogP) is 1.16. The first kappa shape index (κ1) is 12.6. The lowest BCUT2D eigenvalue weighted by Gasteiger charge is -2.13. The fourth-order valence-electron chi connectivity index (χ4n) is 0.263. The Morgan fingerprint density at radius 3 is 2.08 bits per heavy atom. The van der Waals surface area contributed by atoms with Gasteiger partial charge in [0, 0.05) is 0 Å². The number of hydrogen-bond acceptors (Lipinski definition) is 3. The van der Waals surface area contributed by atoms with Crippen LogP contribution >= 0.6 is 0 Å². The van der Waals surface area contributed by atoms with E-state index >= 15 is 0 Å². The van der Waals surface area contributed by atoms with Crippen molar-refractivity contribution in [3.8, 4) is 0 Å². The monoisotopic (exact) mass is 228 g/mol. The lowest BCUT2D eigenvalue weighted by atomic mass is 10.4.